The number of hydrogen-bond donors (Lipinski definition) is 1. The molecule has 2 bridgehead atoms. The zero-order valence-electron chi connectivity index (χ0n) is 8.55. The molecule has 1 saturated carbocycles. The Morgan fingerprint density at radius 3 is 2.46 bits per heavy atom. The van der Waals surface area contributed by atoms with Crippen LogP contribution in [-0.2, 0) is 4.79 Å². The molecule has 2 N–H and O–H groups in total. The molecule has 2 atom stereocenters. The van der Waals surface area contributed by atoms with Crippen molar-refractivity contribution < 1.29 is 4.79 Å². The van der Waals surface area contributed by atoms with Crippen molar-refractivity contribution >= 4 is 5.91 Å². The maximum absolute atomic E-state index is 11.6. The van der Waals surface area contributed by atoms with Crippen LogP contribution in [0.5, 0.6) is 0 Å². The molecule has 0 aromatic heterocycles. The molecule has 0 radical (unpaired) electrons. The van der Waals surface area contributed by atoms with Gasteiger partial charge in [0.15, 0.2) is 0 Å². The van der Waals surface area contributed by atoms with Gasteiger partial charge >= 0.3 is 0 Å². The van der Waals surface area contributed by atoms with Gasteiger partial charge in [-0.05, 0) is 31.1 Å². The third kappa shape index (κ3) is 0.725. The van der Waals surface area contributed by atoms with Gasteiger partial charge in [0.1, 0.15) is 0 Å². The average Bonchev–Trinajstić information content (AvgIpc) is 2.35. The van der Waals surface area contributed by atoms with Crippen LogP contribution < -0.4 is 5.73 Å². The van der Waals surface area contributed by atoms with Crippen LogP contribution in [0.25, 0.3) is 0 Å². The van der Waals surface area contributed by atoms with Crippen LogP contribution in [-0.4, -0.2) is 5.91 Å². The number of carbonyl (C=O) groups excluding carboxylic acids is 1. The summed E-state index contributed by atoms with van der Waals surface area (Å²) in [5, 5.41) is 0. The summed E-state index contributed by atoms with van der Waals surface area (Å²) in [7, 11) is 0. The van der Waals surface area contributed by atoms with Crippen molar-refractivity contribution in [2.45, 2.75) is 33.6 Å². The number of carbonyl (C=O) groups is 1. The molecule has 0 aliphatic heterocycles. The highest BCUT2D eigenvalue weighted by molar-refractivity contribution is 5.86. The zero-order valence-corrected chi connectivity index (χ0v) is 8.55. The molecule has 0 heterocycles. The minimum atomic E-state index is -0.336. The van der Waals surface area contributed by atoms with Crippen molar-refractivity contribution in [3.63, 3.8) is 0 Å². The van der Waals surface area contributed by atoms with Crippen LogP contribution in [0.4, 0.5) is 0 Å². The predicted octanol–water partition coefficient (Wildman–Crippen LogP) is 1.85. The van der Waals surface area contributed by atoms with E-state index in [1.54, 1.807) is 0 Å². The largest absolute Gasteiger partial charge is 0.369 e. The molecule has 2 rings (SSSR count). The lowest BCUT2D eigenvalue weighted by Gasteiger charge is -2.37. The summed E-state index contributed by atoms with van der Waals surface area (Å²) >= 11 is 0. The SMILES string of the molecule is CC1=CC2CCC1(C(N)=O)C2(C)C. The van der Waals surface area contributed by atoms with Gasteiger partial charge in [-0.2, -0.15) is 0 Å². The van der Waals surface area contributed by atoms with Crippen molar-refractivity contribution in [1.82, 2.24) is 0 Å². The molecule has 2 unspecified atom stereocenters. The van der Waals surface area contributed by atoms with E-state index in [0.717, 1.165) is 12.8 Å². The molecule has 2 heteroatoms. The molecule has 0 saturated heterocycles. The van der Waals surface area contributed by atoms with E-state index in [2.05, 4.69) is 19.9 Å². The third-order valence-corrected chi connectivity index (χ3v) is 4.40. The van der Waals surface area contributed by atoms with E-state index >= 15 is 0 Å². The number of nitrogens with two attached hydrogens (primary N) is 1. The molecule has 72 valence electrons. The van der Waals surface area contributed by atoms with Gasteiger partial charge in [-0.25, -0.2) is 0 Å². The standard InChI is InChI=1S/C11H17NO/c1-7-6-8-4-5-11(7,9(12)13)10(8,2)3/h6,8H,4-5H2,1-3H3,(H2,12,13). The minimum Gasteiger partial charge on any atom is -0.369 e. The Hall–Kier alpha value is -0.790. The predicted molar refractivity (Wildman–Crippen MR) is 51.9 cm³/mol. The van der Waals surface area contributed by atoms with Crippen molar-refractivity contribution in [2.24, 2.45) is 22.5 Å². The number of hydrogen-bond acceptors (Lipinski definition) is 1. The van der Waals surface area contributed by atoms with Gasteiger partial charge in [0.25, 0.3) is 0 Å². The molecular formula is C11H17NO. The summed E-state index contributed by atoms with van der Waals surface area (Å²) in [6, 6.07) is 0. The summed E-state index contributed by atoms with van der Waals surface area (Å²) in [6.45, 7) is 6.39. The van der Waals surface area contributed by atoms with Gasteiger partial charge in [-0.3, -0.25) is 4.79 Å². The Balaban J connectivity index is 2.57. The average molecular weight is 179 g/mol. The lowest BCUT2D eigenvalue weighted by atomic mass is 9.66. The molecular weight excluding hydrogens is 162 g/mol. The van der Waals surface area contributed by atoms with E-state index in [9.17, 15) is 4.79 Å². The van der Waals surface area contributed by atoms with Gasteiger partial charge < -0.3 is 5.73 Å². The maximum atomic E-state index is 11.6. The fourth-order valence-electron chi connectivity index (χ4n) is 3.45. The normalized spacial score (nSPS) is 40.5. The second kappa shape index (κ2) is 2.17. The zero-order chi connectivity index (χ0) is 9.85. The van der Waals surface area contributed by atoms with E-state index in [0.29, 0.717) is 5.92 Å². The van der Waals surface area contributed by atoms with Crippen molar-refractivity contribution in [1.29, 1.82) is 0 Å². The Morgan fingerprint density at radius 1 is 1.62 bits per heavy atom. The van der Waals surface area contributed by atoms with Crippen molar-refractivity contribution in [3.8, 4) is 0 Å². The fourth-order valence-corrected chi connectivity index (χ4v) is 3.45. The minimum absolute atomic E-state index is 0.0446. The van der Waals surface area contributed by atoms with Gasteiger partial charge in [-0.15, -0.1) is 0 Å². The highest BCUT2D eigenvalue weighted by atomic mass is 16.1. The first-order chi connectivity index (χ1) is 5.93. The van der Waals surface area contributed by atoms with Gasteiger partial charge in [0, 0.05) is 0 Å². The Morgan fingerprint density at radius 2 is 2.23 bits per heavy atom. The summed E-state index contributed by atoms with van der Waals surface area (Å²) in [5.74, 6) is 0.422. The van der Waals surface area contributed by atoms with Crippen LogP contribution in [0.15, 0.2) is 11.6 Å². The summed E-state index contributed by atoms with van der Waals surface area (Å²) in [6.07, 6.45) is 4.31. The topological polar surface area (TPSA) is 43.1 Å². The number of primary amides is 1. The molecule has 0 aromatic rings. The van der Waals surface area contributed by atoms with Crippen molar-refractivity contribution in [2.75, 3.05) is 0 Å². The van der Waals surface area contributed by atoms with Crippen LogP contribution in [0.3, 0.4) is 0 Å². The van der Waals surface area contributed by atoms with E-state index in [4.69, 9.17) is 5.73 Å². The summed E-state index contributed by atoms with van der Waals surface area (Å²) in [5.41, 5.74) is 6.46. The molecule has 0 aromatic carbocycles. The molecule has 2 aliphatic rings. The number of fused-ring (bicyclic) bond motifs is 2. The number of rotatable bonds is 1. The maximum Gasteiger partial charge on any atom is 0.228 e. The smallest absolute Gasteiger partial charge is 0.228 e. The number of amides is 1. The monoisotopic (exact) mass is 179 g/mol. The van der Waals surface area contributed by atoms with Crippen molar-refractivity contribution in [3.05, 3.63) is 11.6 Å². The second-order valence-corrected chi connectivity index (χ2v) is 4.99. The summed E-state index contributed by atoms with van der Waals surface area (Å²) in [4.78, 5) is 11.6. The lowest BCUT2D eigenvalue weighted by Crippen LogP contribution is -2.44. The van der Waals surface area contributed by atoms with Gasteiger partial charge in [-0.1, -0.05) is 25.5 Å². The van der Waals surface area contributed by atoms with Gasteiger partial charge in [0.05, 0.1) is 5.41 Å². The molecule has 1 fully saturated rings. The quantitative estimate of drug-likeness (QED) is 0.613. The van der Waals surface area contributed by atoms with Gasteiger partial charge in [0.2, 0.25) is 5.91 Å². The first kappa shape index (κ1) is 8.79. The Labute approximate surface area is 79.2 Å². The Bertz CT molecular complexity index is 303. The van der Waals surface area contributed by atoms with E-state index in [-0.39, 0.29) is 16.7 Å². The van der Waals surface area contributed by atoms with Crippen LogP contribution >= 0.6 is 0 Å². The molecule has 13 heavy (non-hydrogen) atoms. The number of allylic oxidation sites excluding steroid dienone is 1. The van der Waals surface area contributed by atoms with E-state index in [1.165, 1.54) is 5.57 Å². The van der Waals surface area contributed by atoms with E-state index < -0.39 is 0 Å². The second-order valence-electron chi connectivity index (χ2n) is 4.99. The molecule has 0 spiro atoms. The summed E-state index contributed by atoms with van der Waals surface area (Å²) < 4.78 is 0. The lowest BCUT2D eigenvalue weighted by molar-refractivity contribution is -0.129. The third-order valence-electron chi connectivity index (χ3n) is 4.40. The molecule has 1 amide bonds. The Kier molecular flexibility index (Phi) is 1.47. The van der Waals surface area contributed by atoms with Crippen LogP contribution in [0.2, 0.25) is 0 Å². The van der Waals surface area contributed by atoms with E-state index in [1.807, 2.05) is 6.92 Å². The highest BCUT2D eigenvalue weighted by Crippen LogP contribution is 2.64. The molecule has 2 aliphatic carbocycles. The molecule has 2 nitrogen and oxygen atoms in total. The first-order valence-corrected chi connectivity index (χ1v) is 4.92. The fraction of sp³-hybridized carbons (Fsp3) is 0.727. The van der Waals surface area contributed by atoms with Crippen LogP contribution in [0.1, 0.15) is 33.6 Å². The van der Waals surface area contributed by atoms with Crippen LogP contribution in [0, 0.1) is 16.7 Å². The first-order valence-electron chi connectivity index (χ1n) is 4.92. The highest BCUT2D eigenvalue weighted by Gasteiger charge is 2.62.